The molecule has 0 atom stereocenters. The Balaban J connectivity index is 3.43. The van der Waals surface area contributed by atoms with E-state index < -0.39 is 0 Å². The highest BCUT2D eigenvalue weighted by Crippen LogP contribution is 2.31. The monoisotopic (exact) mass is 194 g/mol. The van der Waals surface area contributed by atoms with Gasteiger partial charge in [-0.2, -0.15) is 5.26 Å². The SMILES string of the molecule is CC(C)(C)c1c(Cl)cncc1C#N. The summed E-state index contributed by atoms with van der Waals surface area (Å²) >= 11 is 5.98. The topological polar surface area (TPSA) is 36.7 Å². The Hall–Kier alpha value is -1.07. The largest absolute Gasteiger partial charge is 0.262 e. The zero-order chi connectivity index (χ0) is 10.1. The number of hydrogen-bond acceptors (Lipinski definition) is 2. The molecule has 0 saturated carbocycles. The number of halogens is 1. The Morgan fingerprint density at radius 1 is 1.38 bits per heavy atom. The Labute approximate surface area is 83.2 Å². The van der Waals surface area contributed by atoms with Gasteiger partial charge in [-0.25, -0.2) is 0 Å². The minimum Gasteiger partial charge on any atom is -0.262 e. The highest BCUT2D eigenvalue weighted by Gasteiger charge is 2.21. The molecule has 0 amide bonds. The fraction of sp³-hybridized carbons (Fsp3) is 0.400. The second-order valence-electron chi connectivity index (χ2n) is 3.91. The van der Waals surface area contributed by atoms with E-state index in [2.05, 4.69) is 11.1 Å². The summed E-state index contributed by atoms with van der Waals surface area (Å²) in [6.45, 7) is 6.07. The van der Waals surface area contributed by atoms with Gasteiger partial charge in [-0.1, -0.05) is 32.4 Å². The molecular formula is C10H11ClN2. The van der Waals surface area contributed by atoms with Crippen LogP contribution >= 0.6 is 11.6 Å². The maximum atomic E-state index is 8.86. The Kier molecular flexibility index (Phi) is 2.58. The molecule has 0 radical (unpaired) electrons. The molecular weight excluding hydrogens is 184 g/mol. The van der Waals surface area contributed by atoms with Crippen molar-refractivity contribution in [3.8, 4) is 6.07 Å². The van der Waals surface area contributed by atoms with Crippen LogP contribution in [0.5, 0.6) is 0 Å². The van der Waals surface area contributed by atoms with E-state index in [9.17, 15) is 0 Å². The predicted molar refractivity (Wildman–Crippen MR) is 52.7 cm³/mol. The average molecular weight is 195 g/mol. The van der Waals surface area contributed by atoms with Crippen molar-refractivity contribution in [1.82, 2.24) is 4.98 Å². The molecule has 0 aliphatic carbocycles. The van der Waals surface area contributed by atoms with E-state index in [0.29, 0.717) is 10.6 Å². The van der Waals surface area contributed by atoms with Crippen molar-refractivity contribution in [1.29, 1.82) is 5.26 Å². The molecule has 1 rings (SSSR count). The van der Waals surface area contributed by atoms with Crippen LogP contribution in [0.2, 0.25) is 5.02 Å². The predicted octanol–water partition coefficient (Wildman–Crippen LogP) is 2.90. The number of aromatic nitrogens is 1. The van der Waals surface area contributed by atoms with Gasteiger partial charge >= 0.3 is 0 Å². The van der Waals surface area contributed by atoms with Crippen LogP contribution < -0.4 is 0 Å². The Morgan fingerprint density at radius 3 is 2.38 bits per heavy atom. The summed E-state index contributed by atoms with van der Waals surface area (Å²) in [6.07, 6.45) is 3.12. The summed E-state index contributed by atoms with van der Waals surface area (Å²) in [5, 5.41) is 9.42. The van der Waals surface area contributed by atoms with E-state index in [4.69, 9.17) is 16.9 Å². The van der Waals surface area contributed by atoms with Gasteiger partial charge < -0.3 is 0 Å². The average Bonchev–Trinajstić information content (AvgIpc) is 2.01. The summed E-state index contributed by atoms with van der Waals surface area (Å²) in [4.78, 5) is 3.87. The van der Waals surface area contributed by atoms with E-state index in [0.717, 1.165) is 5.56 Å². The first kappa shape index (κ1) is 10.0. The van der Waals surface area contributed by atoms with E-state index in [-0.39, 0.29) is 5.41 Å². The third kappa shape index (κ3) is 1.99. The molecule has 3 heteroatoms. The molecule has 0 bridgehead atoms. The number of nitriles is 1. The number of pyridine rings is 1. The lowest BCUT2D eigenvalue weighted by molar-refractivity contribution is 0.587. The number of rotatable bonds is 0. The van der Waals surface area contributed by atoms with Crippen molar-refractivity contribution in [2.24, 2.45) is 0 Å². The molecule has 1 aromatic rings. The fourth-order valence-corrected chi connectivity index (χ4v) is 1.72. The smallest absolute Gasteiger partial charge is 0.101 e. The molecule has 1 aromatic heterocycles. The van der Waals surface area contributed by atoms with Crippen molar-refractivity contribution in [3.63, 3.8) is 0 Å². The molecule has 0 aromatic carbocycles. The molecule has 68 valence electrons. The lowest BCUT2D eigenvalue weighted by atomic mass is 9.85. The maximum absolute atomic E-state index is 8.86. The van der Waals surface area contributed by atoms with Crippen LogP contribution in [0.15, 0.2) is 12.4 Å². The van der Waals surface area contributed by atoms with Crippen molar-refractivity contribution in [2.45, 2.75) is 26.2 Å². The summed E-state index contributed by atoms with van der Waals surface area (Å²) in [5.41, 5.74) is 1.30. The highest BCUT2D eigenvalue weighted by molar-refractivity contribution is 6.31. The summed E-state index contributed by atoms with van der Waals surface area (Å²) in [5.74, 6) is 0. The first-order valence-corrected chi connectivity index (χ1v) is 4.38. The van der Waals surface area contributed by atoms with Crippen molar-refractivity contribution >= 4 is 11.6 Å². The van der Waals surface area contributed by atoms with Gasteiger partial charge in [0.25, 0.3) is 0 Å². The van der Waals surface area contributed by atoms with Crippen LogP contribution in [0.25, 0.3) is 0 Å². The lowest BCUT2D eigenvalue weighted by Gasteiger charge is -2.21. The minimum atomic E-state index is -0.120. The molecule has 0 aliphatic heterocycles. The number of nitrogens with zero attached hydrogens (tertiary/aromatic N) is 2. The van der Waals surface area contributed by atoms with Crippen molar-refractivity contribution in [3.05, 3.63) is 28.5 Å². The number of hydrogen-bond donors (Lipinski definition) is 0. The molecule has 1 heterocycles. The van der Waals surface area contributed by atoms with Gasteiger partial charge in [0.2, 0.25) is 0 Å². The van der Waals surface area contributed by atoms with Gasteiger partial charge in [-0.05, 0) is 11.0 Å². The van der Waals surface area contributed by atoms with E-state index >= 15 is 0 Å². The Morgan fingerprint density at radius 2 is 2.00 bits per heavy atom. The molecule has 0 N–H and O–H groups in total. The Bertz CT molecular complexity index is 358. The second kappa shape index (κ2) is 3.35. The maximum Gasteiger partial charge on any atom is 0.101 e. The lowest BCUT2D eigenvalue weighted by Crippen LogP contribution is -2.14. The molecule has 0 unspecified atom stereocenters. The van der Waals surface area contributed by atoms with Crippen LogP contribution in [0.3, 0.4) is 0 Å². The van der Waals surface area contributed by atoms with E-state index in [1.54, 1.807) is 12.4 Å². The van der Waals surface area contributed by atoms with Gasteiger partial charge in [-0.3, -0.25) is 4.98 Å². The fourth-order valence-electron chi connectivity index (χ4n) is 1.28. The van der Waals surface area contributed by atoms with Crippen LogP contribution in [0.1, 0.15) is 31.9 Å². The van der Waals surface area contributed by atoms with Crippen molar-refractivity contribution < 1.29 is 0 Å². The quantitative estimate of drug-likeness (QED) is 0.637. The molecule has 13 heavy (non-hydrogen) atoms. The normalized spacial score (nSPS) is 11.0. The standard InChI is InChI=1S/C10H11ClN2/c1-10(2,3)9-7(4-12)5-13-6-8(9)11/h5-6H,1-3H3. The first-order chi connectivity index (χ1) is 5.96. The first-order valence-electron chi connectivity index (χ1n) is 4.01. The summed E-state index contributed by atoms with van der Waals surface area (Å²) in [6, 6.07) is 2.10. The zero-order valence-corrected chi connectivity index (χ0v) is 8.68. The molecule has 0 spiro atoms. The van der Waals surface area contributed by atoms with Crippen LogP contribution in [0.4, 0.5) is 0 Å². The van der Waals surface area contributed by atoms with Crippen LogP contribution in [0, 0.1) is 11.3 Å². The molecule has 0 fully saturated rings. The highest BCUT2D eigenvalue weighted by atomic mass is 35.5. The van der Waals surface area contributed by atoms with Gasteiger partial charge in [0.05, 0.1) is 10.6 Å². The van der Waals surface area contributed by atoms with E-state index in [1.165, 1.54) is 0 Å². The van der Waals surface area contributed by atoms with Gasteiger partial charge in [0.15, 0.2) is 0 Å². The van der Waals surface area contributed by atoms with Crippen LogP contribution in [-0.2, 0) is 5.41 Å². The zero-order valence-electron chi connectivity index (χ0n) is 7.93. The molecule has 0 aliphatic rings. The molecule has 0 saturated heterocycles. The summed E-state index contributed by atoms with van der Waals surface area (Å²) in [7, 11) is 0. The second-order valence-corrected chi connectivity index (χ2v) is 4.31. The van der Waals surface area contributed by atoms with Crippen molar-refractivity contribution in [2.75, 3.05) is 0 Å². The third-order valence-electron chi connectivity index (χ3n) is 1.77. The van der Waals surface area contributed by atoms with Crippen LogP contribution in [-0.4, -0.2) is 4.98 Å². The van der Waals surface area contributed by atoms with Gasteiger partial charge in [0.1, 0.15) is 6.07 Å². The van der Waals surface area contributed by atoms with Gasteiger partial charge in [0, 0.05) is 12.4 Å². The van der Waals surface area contributed by atoms with Gasteiger partial charge in [-0.15, -0.1) is 0 Å². The van der Waals surface area contributed by atoms with E-state index in [1.807, 2.05) is 20.8 Å². The molecule has 2 nitrogen and oxygen atoms in total. The minimum absolute atomic E-state index is 0.120. The summed E-state index contributed by atoms with van der Waals surface area (Å²) < 4.78 is 0. The third-order valence-corrected chi connectivity index (χ3v) is 2.06.